The molecule has 1 amide bonds. The predicted molar refractivity (Wildman–Crippen MR) is 142 cm³/mol. The molecule has 2 aliphatic rings. The Bertz CT molecular complexity index is 1320. The number of ether oxygens (including phenoxy) is 2. The van der Waals surface area contributed by atoms with E-state index in [1.54, 1.807) is 24.5 Å². The number of benzene rings is 1. The van der Waals surface area contributed by atoms with Crippen molar-refractivity contribution in [3.8, 4) is 11.3 Å². The van der Waals surface area contributed by atoms with Crippen molar-refractivity contribution in [2.45, 2.75) is 77.1 Å². The van der Waals surface area contributed by atoms with Crippen LogP contribution in [0.1, 0.15) is 68.4 Å². The average Bonchev–Trinajstić information content (AvgIpc) is 3.45. The number of rotatable bonds is 5. The van der Waals surface area contributed by atoms with E-state index in [4.69, 9.17) is 14.5 Å². The number of aryl methyl sites for hydroxylation is 1. The molecule has 0 saturated carbocycles. The molecular formula is C28H34N6O4. The Morgan fingerprint density at radius 1 is 1.03 bits per heavy atom. The van der Waals surface area contributed by atoms with E-state index in [2.05, 4.69) is 15.4 Å². The summed E-state index contributed by atoms with van der Waals surface area (Å²) in [5.41, 5.74) is 3.35. The number of methoxy groups -OCH3 is 1. The lowest BCUT2D eigenvalue weighted by atomic mass is 9.98. The van der Waals surface area contributed by atoms with Crippen molar-refractivity contribution in [3.05, 3.63) is 54.0 Å². The van der Waals surface area contributed by atoms with Crippen molar-refractivity contribution in [1.29, 1.82) is 0 Å². The summed E-state index contributed by atoms with van der Waals surface area (Å²) in [4.78, 5) is 35.6. The first-order valence-corrected chi connectivity index (χ1v) is 13.0. The van der Waals surface area contributed by atoms with Gasteiger partial charge in [-0.1, -0.05) is 12.1 Å². The molecule has 0 spiro atoms. The highest BCUT2D eigenvalue weighted by atomic mass is 16.6. The fraction of sp³-hybridized carbons (Fsp3) is 0.464. The minimum Gasteiger partial charge on any atom is -0.465 e. The number of esters is 1. The fourth-order valence-electron chi connectivity index (χ4n) is 5.38. The van der Waals surface area contributed by atoms with E-state index >= 15 is 0 Å². The third kappa shape index (κ3) is 5.34. The fourth-order valence-corrected chi connectivity index (χ4v) is 5.38. The SMILES string of the molecule is COC(=O)c1ccc(-c2nc(Nc3cnn(C4C[C@H]5CC[C@@H](C4)N5C(=O)OC(C)(C)C)c3)ncc2C)cc1. The number of aromatic nitrogens is 4. The van der Waals surface area contributed by atoms with E-state index in [1.807, 2.05) is 55.6 Å². The van der Waals surface area contributed by atoms with Gasteiger partial charge in [0, 0.05) is 30.0 Å². The largest absolute Gasteiger partial charge is 0.465 e. The highest BCUT2D eigenvalue weighted by molar-refractivity contribution is 5.90. The zero-order valence-corrected chi connectivity index (χ0v) is 22.5. The Morgan fingerprint density at radius 3 is 2.34 bits per heavy atom. The van der Waals surface area contributed by atoms with Crippen LogP contribution in [0.5, 0.6) is 0 Å². The number of nitrogens with zero attached hydrogens (tertiary/aromatic N) is 5. The number of hydrogen-bond acceptors (Lipinski definition) is 8. The lowest BCUT2D eigenvalue weighted by Gasteiger charge is -2.39. The number of piperidine rings is 1. The second-order valence-corrected chi connectivity index (χ2v) is 11.0. The third-order valence-electron chi connectivity index (χ3n) is 7.10. The van der Waals surface area contributed by atoms with Gasteiger partial charge < -0.3 is 19.7 Å². The van der Waals surface area contributed by atoms with Crippen molar-refractivity contribution >= 4 is 23.7 Å². The Balaban J connectivity index is 1.27. The Hall–Kier alpha value is -3.95. The molecule has 3 atom stereocenters. The average molecular weight is 519 g/mol. The van der Waals surface area contributed by atoms with Crippen molar-refractivity contribution < 1.29 is 19.1 Å². The van der Waals surface area contributed by atoms with Gasteiger partial charge in [0.25, 0.3) is 0 Å². The minimum absolute atomic E-state index is 0.169. The summed E-state index contributed by atoms with van der Waals surface area (Å²) in [5, 5.41) is 7.88. The number of carbonyl (C=O) groups is 2. The van der Waals surface area contributed by atoms with Crippen LogP contribution in [0.4, 0.5) is 16.4 Å². The molecule has 1 aromatic carbocycles. The minimum atomic E-state index is -0.500. The van der Waals surface area contributed by atoms with Crippen LogP contribution >= 0.6 is 0 Å². The van der Waals surface area contributed by atoms with Crippen molar-refractivity contribution in [1.82, 2.24) is 24.6 Å². The summed E-state index contributed by atoms with van der Waals surface area (Å²) in [5.74, 6) is 0.0841. The second kappa shape index (κ2) is 10.1. The van der Waals surface area contributed by atoms with Gasteiger partial charge in [0.1, 0.15) is 5.60 Å². The van der Waals surface area contributed by atoms with Gasteiger partial charge in [-0.15, -0.1) is 0 Å². The molecule has 2 bridgehead atoms. The van der Waals surface area contributed by atoms with E-state index in [1.165, 1.54) is 7.11 Å². The molecule has 38 heavy (non-hydrogen) atoms. The first-order chi connectivity index (χ1) is 18.1. The maximum atomic E-state index is 12.8. The van der Waals surface area contributed by atoms with Gasteiger partial charge in [-0.2, -0.15) is 5.10 Å². The molecule has 4 heterocycles. The van der Waals surface area contributed by atoms with Gasteiger partial charge in [-0.05, 0) is 71.1 Å². The summed E-state index contributed by atoms with van der Waals surface area (Å²) >= 11 is 0. The molecule has 3 aromatic rings. The van der Waals surface area contributed by atoms with Crippen LogP contribution in [0.25, 0.3) is 11.3 Å². The maximum absolute atomic E-state index is 12.8. The summed E-state index contributed by atoms with van der Waals surface area (Å²) in [7, 11) is 1.36. The lowest BCUT2D eigenvalue weighted by Crippen LogP contribution is -2.48. The van der Waals surface area contributed by atoms with E-state index in [-0.39, 0.29) is 30.2 Å². The molecule has 1 unspecified atom stereocenters. The molecule has 2 aliphatic heterocycles. The van der Waals surface area contributed by atoms with E-state index < -0.39 is 5.60 Å². The molecule has 5 rings (SSSR count). The van der Waals surface area contributed by atoms with Gasteiger partial charge >= 0.3 is 12.1 Å². The number of anilines is 2. The van der Waals surface area contributed by atoms with Crippen LogP contribution in [0, 0.1) is 6.92 Å². The van der Waals surface area contributed by atoms with Crippen LogP contribution in [0.2, 0.25) is 0 Å². The van der Waals surface area contributed by atoms with Crippen LogP contribution < -0.4 is 5.32 Å². The predicted octanol–water partition coefficient (Wildman–Crippen LogP) is 5.28. The molecule has 1 N–H and O–H groups in total. The first kappa shape index (κ1) is 25.7. The molecule has 2 aromatic heterocycles. The standard InChI is InChI=1S/C28H34N6O4/c1-17-14-29-26(32-24(17)18-6-8-19(9-7-18)25(35)37-5)31-20-15-30-33(16-20)23-12-21-10-11-22(13-23)34(21)27(36)38-28(2,3)4/h6-9,14-16,21-23H,10-13H2,1-5H3,(H,29,31,32)/t21-,22+,23?. The zero-order valence-electron chi connectivity index (χ0n) is 22.5. The summed E-state index contributed by atoms with van der Waals surface area (Å²) < 4.78 is 12.4. The number of nitrogens with one attached hydrogen (secondary N) is 1. The number of hydrogen-bond donors (Lipinski definition) is 1. The van der Waals surface area contributed by atoms with Gasteiger partial charge in [0.15, 0.2) is 0 Å². The summed E-state index contributed by atoms with van der Waals surface area (Å²) in [6.07, 6.45) is 9.00. The molecule has 0 radical (unpaired) electrons. The van der Waals surface area contributed by atoms with E-state index in [0.29, 0.717) is 11.5 Å². The molecule has 10 nitrogen and oxygen atoms in total. The Labute approximate surface area is 222 Å². The van der Waals surface area contributed by atoms with Crippen molar-refractivity contribution in [2.75, 3.05) is 12.4 Å². The highest BCUT2D eigenvalue weighted by Crippen LogP contribution is 2.41. The van der Waals surface area contributed by atoms with Gasteiger partial charge in [0.05, 0.1) is 36.3 Å². The molecule has 2 fully saturated rings. The normalized spacial score (nSPS) is 20.8. The van der Waals surface area contributed by atoms with Gasteiger partial charge in [0.2, 0.25) is 5.95 Å². The Kier molecular flexibility index (Phi) is 6.81. The van der Waals surface area contributed by atoms with Crippen LogP contribution in [-0.4, -0.2) is 61.5 Å². The van der Waals surface area contributed by atoms with Gasteiger partial charge in [-0.3, -0.25) is 4.68 Å². The molecule has 2 saturated heterocycles. The monoisotopic (exact) mass is 518 g/mol. The maximum Gasteiger partial charge on any atom is 0.410 e. The van der Waals surface area contributed by atoms with Crippen LogP contribution in [-0.2, 0) is 9.47 Å². The third-order valence-corrected chi connectivity index (χ3v) is 7.10. The molecule has 200 valence electrons. The van der Waals surface area contributed by atoms with Crippen molar-refractivity contribution in [2.24, 2.45) is 0 Å². The smallest absolute Gasteiger partial charge is 0.410 e. The topological polar surface area (TPSA) is 111 Å². The summed E-state index contributed by atoms with van der Waals surface area (Å²) in [6.45, 7) is 7.65. The Morgan fingerprint density at radius 2 is 1.71 bits per heavy atom. The van der Waals surface area contributed by atoms with Crippen LogP contribution in [0.15, 0.2) is 42.9 Å². The lowest BCUT2D eigenvalue weighted by molar-refractivity contribution is 0.00230. The van der Waals surface area contributed by atoms with Gasteiger partial charge in [-0.25, -0.2) is 19.6 Å². The molecule has 10 heteroatoms. The quantitative estimate of drug-likeness (QED) is 0.454. The number of fused-ring (bicyclic) bond motifs is 2. The number of carbonyl (C=O) groups excluding carboxylic acids is 2. The molecular weight excluding hydrogens is 484 g/mol. The number of amides is 1. The van der Waals surface area contributed by atoms with E-state index in [0.717, 1.165) is 48.2 Å². The zero-order chi connectivity index (χ0) is 27.0. The van der Waals surface area contributed by atoms with E-state index in [9.17, 15) is 9.59 Å². The molecule has 0 aliphatic carbocycles. The second-order valence-electron chi connectivity index (χ2n) is 11.0. The summed E-state index contributed by atoms with van der Waals surface area (Å²) in [6, 6.07) is 7.69. The first-order valence-electron chi connectivity index (χ1n) is 13.0. The van der Waals surface area contributed by atoms with Crippen LogP contribution in [0.3, 0.4) is 0 Å². The highest BCUT2D eigenvalue weighted by Gasteiger charge is 2.45. The van der Waals surface area contributed by atoms with Crippen molar-refractivity contribution in [3.63, 3.8) is 0 Å².